The van der Waals surface area contributed by atoms with Crippen LogP contribution in [-0.2, 0) is 20.7 Å². The largest absolute Gasteiger partial charge is 0.452 e. The quantitative estimate of drug-likeness (QED) is 0.853. The van der Waals surface area contributed by atoms with Crippen molar-refractivity contribution in [3.8, 4) is 10.6 Å². The third-order valence-corrected chi connectivity index (χ3v) is 3.98. The number of carbonyl (C=O) groups is 2. The van der Waals surface area contributed by atoms with Gasteiger partial charge in [0, 0.05) is 16.3 Å². The highest BCUT2D eigenvalue weighted by atomic mass is 32.1. The van der Waals surface area contributed by atoms with Gasteiger partial charge in [0.25, 0.3) is 5.91 Å². The number of esters is 1. The van der Waals surface area contributed by atoms with E-state index in [1.54, 1.807) is 11.3 Å². The number of nitrogens with two attached hydrogens (primary N) is 1. The summed E-state index contributed by atoms with van der Waals surface area (Å²) in [6, 6.07) is 1.97. The van der Waals surface area contributed by atoms with Crippen LogP contribution in [0.5, 0.6) is 0 Å². The van der Waals surface area contributed by atoms with Gasteiger partial charge in [0.05, 0.1) is 12.1 Å². The molecule has 2 aromatic rings. The zero-order valence-electron chi connectivity index (χ0n) is 10.2. The molecule has 0 radical (unpaired) electrons. The molecule has 0 saturated carbocycles. The second-order valence-electron chi connectivity index (χ2n) is 3.87. The van der Waals surface area contributed by atoms with E-state index >= 15 is 0 Å². The molecule has 5 nitrogen and oxygen atoms in total. The topological polar surface area (TPSA) is 82.3 Å². The number of carbonyl (C=O) groups excluding carboxylic acids is 2. The summed E-state index contributed by atoms with van der Waals surface area (Å²) in [6.45, 7) is 1.44. The van der Waals surface area contributed by atoms with Crippen LogP contribution in [0.2, 0.25) is 0 Å². The maximum Gasteiger partial charge on any atom is 0.312 e. The third-order valence-electron chi connectivity index (χ3n) is 2.35. The molecule has 1 amide bonds. The summed E-state index contributed by atoms with van der Waals surface area (Å²) >= 11 is 3.06. The van der Waals surface area contributed by atoms with E-state index in [4.69, 9.17) is 10.5 Å². The van der Waals surface area contributed by atoms with Crippen molar-refractivity contribution in [3.05, 3.63) is 27.9 Å². The van der Waals surface area contributed by atoms with Crippen LogP contribution in [0.15, 0.2) is 22.2 Å². The first-order chi connectivity index (χ1) is 9.06. The Morgan fingerprint density at radius 3 is 2.89 bits per heavy atom. The number of hydrogen-bond donors (Lipinski definition) is 1. The monoisotopic (exact) mass is 296 g/mol. The fraction of sp³-hybridized carbons (Fsp3) is 0.250. The van der Waals surface area contributed by atoms with Crippen LogP contribution in [0.4, 0.5) is 0 Å². The minimum atomic E-state index is -0.914. The van der Waals surface area contributed by atoms with Crippen molar-refractivity contribution in [2.45, 2.75) is 19.4 Å². The first-order valence-corrected chi connectivity index (χ1v) is 7.34. The highest BCUT2D eigenvalue weighted by Gasteiger charge is 2.16. The minimum absolute atomic E-state index is 0.0399. The lowest BCUT2D eigenvalue weighted by Gasteiger charge is -2.08. The van der Waals surface area contributed by atoms with Gasteiger partial charge < -0.3 is 10.5 Å². The number of thiazole rings is 1. The molecular formula is C12H12N2O3S2. The number of hydrogen-bond acceptors (Lipinski definition) is 6. The third kappa shape index (κ3) is 3.62. The fourth-order valence-corrected chi connectivity index (χ4v) is 2.88. The molecule has 2 rings (SSSR count). The fourth-order valence-electron chi connectivity index (χ4n) is 1.35. The molecule has 0 aliphatic heterocycles. The van der Waals surface area contributed by atoms with E-state index in [-0.39, 0.29) is 6.42 Å². The number of amides is 1. The Morgan fingerprint density at radius 2 is 2.26 bits per heavy atom. The van der Waals surface area contributed by atoms with Crippen LogP contribution in [0.1, 0.15) is 12.6 Å². The molecule has 0 aromatic carbocycles. The van der Waals surface area contributed by atoms with Gasteiger partial charge in [0.15, 0.2) is 6.10 Å². The first kappa shape index (κ1) is 13.7. The molecule has 2 aromatic heterocycles. The van der Waals surface area contributed by atoms with Gasteiger partial charge in [-0.3, -0.25) is 9.59 Å². The lowest BCUT2D eigenvalue weighted by Crippen LogP contribution is -2.30. The van der Waals surface area contributed by atoms with E-state index in [9.17, 15) is 9.59 Å². The Morgan fingerprint density at radius 1 is 1.47 bits per heavy atom. The van der Waals surface area contributed by atoms with Crippen molar-refractivity contribution < 1.29 is 14.3 Å². The number of primary amides is 1. The van der Waals surface area contributed by atoms with E-state index in [1.807, 2.05) is 22.2 Å². The van der Waals surface area contributed by atoms with Gasteiger partial charge >= 0.3 is 5.97 Å². The number of ether oxygens (including phenoxy) is 1. The van der Waals surface area contributed by atoms with Crippen molar-refractivity contribution >= 4 is 34.6 Å². The predicted molar refractivity (Wildman–Crippen MR) is 73.9 cm³/mol. The van der Waals surface area contributed by atoms with E-state index in [0.717, 1.165) is 10.6 Å². The summed E-state index contributed by atoms with van der Waals surface area (Å²) in [5.74, 6) is -1.17. The SMILES string of the molecule is C[C@H](OC(=O)Cc1csc(-c2ccsc2)n1)C(N)=O. The smallest absolute Gasteiger partial charge is 0.312 e. The minimum Gasteiger partial charge on any atom is -0.452 e. The van der Waals surface area contributed by atoms with Gasteiger partial charge in [0.2, 0.25) is 0 Å². The van der Waals surface area contributed by atoms with Gasteiger partial charge in [-0.25, -0.2) is 4.98 Å². The number of nitrogens with zero attached hydrogens (tertiary/aromatic N) is 1. The molecule has 0 spiro atoms. The molecule has 2 heterocycles. The summed E-state index contributed by atoms with van der Waals surface area (Å²) < 4.78 is 4.87. The van der Waals surface area contributed by atoms with Crippen molar-refractivity contribution in [2.24, 2.45) is 5.73 Å². The second-order valence-corrected chi connectivity index (χ2v) is 5.51. The van der Waals surface area contributed by atoms with Gasteiger partial charge in [-0.2, -0.15) is 11.3 Å². The molecule has 0 fully saturated rings. The highest BCUT2D eigenvalue weighted by molar-refractivity contribution is 7.14. The molecule has 0 aliphatic rings. The molecule has 2 N–H and O–H groups in total. The van der Waals surface area contributed by atoms with Crippen molar-refractivity contribution in [1.29, 1.82) is 0 Å². The summed E-state index contributed by atoms with van der Waals surface area (Å²) in [4.78, 5) is 26.7. The van der Waals surface area contributed by atoms with Crippen LogP contribution in [0.25, 0.3) is 10.6 Å². The number of thiophene rings is 1. The van der Waals surface area contributed by atoms with Crippen molar-refractivity contribution in [3.63, 3.8) is 0 Å². The zero-order chi connectivity index (χ0) is 13.8. The number of rotatable bonds is 5. The molecular weight excluding hydrogens is 284 g/mol. The molecule has 1 atom stereocenters. The zero-order valence-corrected chi connectivity index (χ0v) is 11.8. The maximum atomic E-state index is 11.6. The van der Waals surface area contributed by atoms with Crippen LogP contribution in [0, 0.1) is 0 Å². The van der Waals surface area contributed by atoms with E-state index in [1.165, 1.54) is 18.3 Å². The lowest BCUT2D eigenvalue weighted by molar-refractivity contribution is -0.153. The van der Waals surface area contributed by atoms with Crippen LogP contribution in [0.3, 0.4) is 0 Å². The summed E-state index contributed by atoms with van der Waals surface area (Å²) in [7, 11) is 0. The Kier molecular flexibility index (Phi) is 4.28. The molecule has 0 saturated heterocycles. The van der Waals surface area contributed by atoms with Crippen molar-refractivity contribution in [2.75, 3.05) is 0 Å². The van der Waals surface area contributed by atoms with Gasteiger partial charge in [0.1, 0.15) is 5.01 Å². The Balaban J connectivity index is 1.97. The second kappa shape index (κ2) is 5.94. The van der Waals surface area contributed by atoms with Crippen LogP contribution >= 0.6 is 22.7 Å². The van der Waals surface area contributed by atoms with Gasteiger partial charge in [-0.1, -0.05) is 0 Å². The van der Waals surface area contributed by atoms with E-state index in [0.29, 0.717) is 5.69 Å². The maximum absolute atomic E-state index is 11.6. The standard InChI is InChI=1S/C12H12N2O3S2/c1-7(11(13)16)17-10(15)4-9-6-19-12(14-9)8-2-3-18-5-8/h2-3,5-7H,4H2,1H3,(H2,13,16)/t7-/m0/s1. The molecule has 19 heavy (non-hydrogen) atoms. The predicted octanol–water partition coefficient (Wildman–Crippen LogP) is 1.83. The molecule has 100 valence electrons. The lowest BCUT2D eigenvalue weighted by atomic mass is 10.3. The van der Waals surface area contributed by atoms with Crippen molar-refractivity contribution in [1.82, 2.24) is 4.98 Å². The normalized spacial score (nSPS) is 12.1. The number of aromatic nitrogens is 1. The molecule has 0 bridgehead atoms. The van der Waals surface area contributed by atoms with E-state index in [2.05, 4.69) is 4.98 Å². The average molecular weight is 296 g/mol. The molecule has 0 unspecified atom stereocenters. The molecule has 0 aliphatic carbocycles. The Hall–Kier alpha value is -1.73. The van der Waals surface area contributed by atoms with Crippen LogP contribution in [-0.4, -0.2) is 23.0 Å². The first-order valence-electron chi connectivity index (χ1n) is 5.52. The van der Waals surface area contributed by atoms with Crippen LogP contribution < -0.4 is 5.73 Å². The van der Waals surface area contributed by atoms with Gasteiger partial charge in [-0.15, -0.1) is 11.3 Å². The Bertz CT molecular complexity index is 578. The molecule has 7 heteroatoms. The van der Waals surface area contributed by atoms with Gasteiger partial charge in [-0.05, 0) is 18.4 Å². The summed E-state index contributed by atoms with van der Waals surface area (Å²) in [5.41, 5.74) is 6.69. The average Bonchev–Trinajstić information content (AvgIpc) is 2.97. The summed E-state index contributed by atoms with van der Waals surface area (Å²) in [5, 5.41) is 6.64. The highest BCUT2D eigenvalue weighted by Crippen LogP contribution is 2.25. The van der Waals surface area contributed by atoms with E-state index < -0.39 is 18.0 Å². The Labute approximate surface area is 118 Å². The summed E-state index contributed by atoms with van der Waals surface area (Å²) in [6.07, 6.45) is -0.874.